The van der Waals surface area contributed by atoms with E-state index in [1.54, 1.807) is 6.08 Å². The fourth-order valence-corrected chi connectivity index (χ4v) is 1.21. The molecular weight excluding hydrogens is 184 g/mol. The standard InChI is InChI=1S/C11H13ClO/c1-2-10(12)11(13)8-9-6-4-3-5-7-9/h2-7,10-11,13H,1,8H2/t10-,11+/m1/s1. The molecule has 0 aliphatic heterocycles. The third-order valence-electron chi connectivity index (χ3n) is 1.88. The van der Waals surface area contributed by atoms with Crippen molar-refractivity contribution in [3.05, 3.63) is 48.6 Å². The third kappa shape index (κ3) is 3.21. The Morgan fingerprint density at radius 2 is 2.00 bits per heavy atom. The molecule has 1 rings (SSSR count). The molecular formula is C11H13ClO. The van der Waals surface area contributed by atoms with E-state index in [0.29, 0.717) is 6.42 Å². The van der Waals surface area contributed by atoms with Crippen LogP contribution in [0.3, 0.4) is 0 Å². The van der Waals surface area contributed by atoms with E-state index in [0.717, 1.165) is 5.56 Å². The highest BCUT2D eigenvalue weighted by molar-refractivity contribution is 6.22. The van der Waals surface area contributed by atoms with E-state index >= 15 is 0 Å². The van der Waals surface area contributed by atoms with Gasteiger partial charge in [-0.3, -0.25) is 0 Å². The summed E-state index contributed by atoms with van der Waals surface area (Å²) < 4.78 is 0. The van der Waals surface area contributed by atoms with Gasteiger partial charge in [-0.1, -0.05) is 36.4 Å². The minimum atomic E-state index is -0.554. The quantitative estimate of drug-likeness (QED) is 0.579. The summed E-state index contributed by atoms with van der Waals surface area (Å²) in [5.41, 5.74) is 1.09. The second-order valence-corrected chi connectivity index (χ2v) is 3.44. The minimum Gasteiger partial charge on any atom is -0.391 e. The number of aliphatic hydroxyl groups excluding tert-OH is 1. The molecule has 0 fully saturated rings. The fraction of sp³-hybridized carbons (Fsp3) is 0.273. The number of hydrogen-bond donors (Lipinski definition) is 1. The van der Waals surface area contributed by atoms with Crippen LogP contribution in [0.25, 0.3) is 0 Å². The number of rotatable bonds is 4. The van der Waals surface area contributed by atoms with Crippen molar-refractivity contribution in [1.82, 2.24) is 0 Å². The predicted octanol–water partition coefficient (Wildman–Crippen LogP) is 2.38. The Kier molecular flexibility index (Phi) is 4.00. The summed E-state index contributed by atoms with van der Waals surface area (Å²) in [5, 5.41) is 9.19. The van der Waals surface area contributed by atoms with Crippen molar-refractivity contribution < 1.29 is 5.11 Å². The molecule has 0 bridgehead atoms. The SMILES string of the molecule is C=C[C@@H](Cl)[C@@H](O)Cc1ccccc1. The molecule has 1 N–H and O–H groups in total. The molecule has 0 unspecified atom stereocenters. The first-order valence-electron chi connectivity index (χ1n) is 4.22. The van der Waals surface area contributed by atoms with Crippen molar-refractivity contribution in [3.8, 4) is 0 Å². The lowest BCUT2D eigenvalue weighted by Crippen LogP contribution is -2.21. The second-order valence-electron chi connectivity index (χ2n) is 2.94. The van der Waals surface area contributed by atoms with Crippen molar-refractivity contribution in [2.75, 3.05) is 0 Å². The molecule has 70 valence electrons. The van der Waals surface area contributed by atoms with E-state index in [-0.39, 0.29) is 5.38 Å². The first kappa shape index (κ1) is 10.3. The maximum atomic E-state index is 9.57. The highest BCUT2D eigenvalue weighted by Gasteiger charge is 2.12. The molecule has 0 radical (unpaired) electrons. The van der Waals surface area contributed by atoms with Crippen molar-refractivity contribution in [3.63, 3.8) is 0 Å². The summed E-state index contributed by atoms with van der Waals surface area (Å²) in [6, 6.07) is 9.77. The largest absolute Gasteiger partial charge is 0.391 e. The topological polar surface area (TPSA) is 20.2 Å². The van der Waals surface area contributed by atoms with Gasteiger partial charge in [-0.05, 0) is 5.56 Å². The van der Waals surface area contributed by atoms with E-state index in [1.807, 2.05) is 30.3 Å². The van der Waals surface area contributed by atoms with Gasteiger partial charge in [0.1, 0.15) is 0 Å². The van der Waals surface area contributed by atoms with Gasteiger partial charge in [-0.2, -0.15) is 0 Å². The molecule has 0 aliphatic rings. The monoisotopic (exact) mass is 196 g/mol. The second kappa shape index (κ2) is 5.05. The normalized spacial score (nSPS) is 14.9. The first-order chi connectivity index (χ1) is 6.24. The van der Waals surface area contributed by atoms with Gasteiger partial charge in [-0.15, -0.1) is 18.2 Å². The number of aliphatic hydroxyl groups is 1. The number of hydrogen-bond acceptors (Lipinski definition) is 1. The summed E-state index contributed by atoms with van der Waals surface area (Å²) in [7, 11) is 0. The van der Waals surface area contributed by atoms with E-state index in [1.165, 1.54) is 0 Å². The molecule has 1 aromatic carbocycles. The molecule has 0 aromatic heterocycles. The predicted molar refractivity (Wildman–Crippen MR) is 56.0 cm³/mol. The van der Waals surface area contributed by atoms with Gasteiger partial charge < -0.3 is 5.11 Å². The summed E-state index contributed by atoms with van der Waals surface area (Å²) in [6.45, 7) is 3.53. The van der Waals surface area contributed by atoms with Crippen molar-refractivity contribution in [2.24, 2.45) is 0 Å². The summed E-state index contributed by atoms with van der Waals surface area (Å²) >= 11 is 5.80. The summed E-state index contributed by atoms with van der Waals surface area (Å²) in [6.07, 6.45) is 1.57. The summed E-state index contributed by atoms with van der Waals surface area (Å²) in [5.74, 6) is 0. The number of benzene rings is 1. The van der Waals surface area contributed by atoms with Crippen LogP contribution in [-0.4, -0.2) is 16.6 Å². The van der Waals surface area contributed by atoms with E-state index in [2.05, 4.69) is 6.58 Å². The Labute approximate surface area is 83.7 Å². The van der Waals surface area contributed by atoms with Crippen molar-refractivity contribution >= 4 is 11.6 Å². The maximum Gasteiger partial charge on any atom is 0.0779 e. The number of halogens is 1. The zero-order chi connectivity index (χ0) is 9.68. The van der Waals surface area contributed by atoms with Gasteiger partial charge in [0.25, 0.3) is 0 Å². The van der Waals surface area contributed by atoms with Crippen molar-refractivity contribution in [2.45, 2.75) is 17.9 Å². The van der Waals surface area contributed by atoms with E-state index < -0.39 is 6.10 Å². The Hall–Kier alpha value is -0.790. The van der Waals surface area contributed by atoms with Gasteiger partial charge in [0.2, 0.25) is 0 Å². The first-order valence-corrected chi connectivity index (χ1v) is 4.66. The van der Waals surface area contributed by atoms with Crippen LogP contribution >= 0.6 is 11.6 Å². The van der Waals surface area contributed by atoms with Crippen LogP contribution in [0.2, 0.25) is 0 Å². The molecule has 2 heteroatoms. The van der Waals surface area contributed by atoms with Crippen molar-refractivity contribution in [1.29, 1.82) is 0 Å². The fourth-order valence-electron chi connectivity index (χ4n) is 1.13. The molecule has 0 saturated carbocycles. The van der Waals surface area contributed by atoms with Crippen LogP contribution in [0.1, 0.15) is 5.56 Å². The third-order valence-corrected chi connectivity index (χ3v) is 2.35. The van der Waals surface area contributed by atoms with Gasteiger partial charge in [0, 0.05) is 6.42 Å². The highest BCUT2D eigenvalue weighted by Crippen LogP contribution is 2.10. The van der Waals surface area contributed by atoms with Gasteiger partial charge in [0.15, 0.2) is 0 Å². The van der Waals surface area contributed by atoms with Crippen LogP contribution in [0, 0.1) is 0 Å². The Morgan fingerprint density at radius 3 is 2.54 bits per heavy atom. The van der Waals surface area contributed by atoms with Gasteiger partial charge >= 0.3 is 0 Å². The zero-order valence-electron chi connectivity index (χ0n) is 7.36. The molecule has 0 amide bonds. The lowest BCUT2D eigenvalue weighted by molar-refractivity contribution is 0.181. The summed E-state index contributed by atoms with van der Waals surface area (Å²) in [4.78, 5) is 0. The molecule has 1 aromatic rings. The van der Waals surface area contributed by atoms with E-state index in [9.17, 15) is 5.11 Å². The Bertz CT molecular complexity index is 258. The zero-order valence-corrected chi connectivity index (χ0v) is 8.11. The maximum absolute atomic E-state index is 9.57. The van der Waals surface area contributed by atoms with Crippen LogP contribution in [0.5, 0.6) is 0 Å². The molecule has 0 saturated heterocycles. The Morgan fingerprint density at radius 1 is 1.38 bits per heavy atom. The van der Waals surface area contributed by atoms with Crippen LogP contribution in [0.15, 0.2) is 43.0 Å². The molecule has 13 heavy (non-hydrogen) atoms. The lowest BCUT2D eigenvalue weighted by atomic mass is 10.1. The average molecular weight is 197 g/mol. The van der Waals surface area contributed by atoms with Crippen LogP contribution < -0.4 is 0 Å². The molecule has 2 atom stereocenters. The van der Waals surface area contributed by atoms with Gasteiger partial charge in [-0.25, -0.2) is 0 Å². The van der Waals surface area contributed by atoms with Crippen LogP contribution in [-0.2, 0) is 6.42 Å². The smallest absolute Gasteiger partial charge is 0.0779 e. The lowest BCUT2D eigenvalue weighted by Gasteiger charge is -2.12. The van der Waals surface area contributed by atoms with Crippen LogP contribution in [0.4, 0.5) is 0 Å². The molecule has 0 aliphatic carbocycles. The molecule has 0 spiro atoms. The highest BCUT2D eigenvalue weighted by atomic mass is 35.5. The van der Waals surface area contributed by atoms with E-state index in [4.69, 9.17) is 11.6 Å². The van der Waals surface area contributed by atoms with Gasteiger partial charge in [0.05, 0.1) is 11.5 Å². The minimum absolute atomic E-state index is 0.375. The molecule has 1 nitrogen and oxygen atoms in total. The average Bonchev–Trinajstić information content (AvgIpc) is 2.18. The number of alkyl halides is 1. The Balaban J connectivity index is 2.54. The molecule has 0 heterocycles.